The van der Waals surface area contributed by atoms with Gasteiger partial charge in [-0.2, -0.15) is 0 Å². The minimum atomic E-state index is -0.116. The van der Waals surface area contributed by atoms with Gasteiger partial charge in [0.2, 0.25) is 5.82 Å². The Kier molecular flexibility index (Phi) is 3.17. The van der Waals surface area contributed by atoms with Gasteiger partial charge in [0.15, 0.2) is 0 Å². The lowest BCUT2D eigenvalue weighted by atomic mass is 9.96. The van der Waals surface area contributed by atoms with Crippen molar-refractivity contribution in [1.29, 1.82) is 0 Å². The number of amides is 1. The van der Waals surface area contributed by atoms with Crippen LogP contribution in [0, 0.1) is 5.92 Å². The average Bonchev–Trinajstić information content (AvgIpc) is 2.83. The Morgan fingerprint density at radius 2 is 2.06 bits per heavy atom. The molecule has 0 radical (unpaired) electrons. The summed E-state index contributed by atoms with van der Waals surface area (Å²) in [6, 6.07) is 0.282. The van der Waals surface area contributed by atoms with Crippen molar-refractivity contribution in [3.05, 3.63) is 11.6 Å². The van der Waals surface area contributed by atoms with Gasteiger partial charge in [0.05, 0.1) is 0 Å². The quantitative estimate of drug-likeness (QED) is 0.829. The molecule has 1 aromatic heterocycles. The van der Waals surface area contributed by atoms with Gasteiger partial charge in [-0.1, -0.05) is 27.7 Å². The maximum atomic E-state index is 12.3. The summed E-state index contributed by atoms with van der Waals surface area (Å²) in [5.74, 6) is 1.55. The van der Waals surface area contributed by atoms with E-state index < -0.39 is 0 Å². The number of nitrogens with zero attached hydrogens (tertiary/aromatic N) is 3. The zero-order valence-corrected chi connectivity index (χ0v) is 11.8. The number of aromatic amines is 1. The molecule has 0 saturated carbocycles. The van der Waals surface area contributed by atoms with Crippen molar-refractivity contribution in [1.82, 2.24) is 20.1 Å². The molecule has 1 amide bonds. The number of rotatable bonds is 1. The summed E-state index contributed by atoms with van der Waals surface area (Å²) in [4.78, 5) is 18.5. The molecule has 0 spiro atoms. The molecule has 1 N–H and O–H groups in total. The lowest BCUT2D eigenvalue weighted by Gasteiger charge is -2.19. The Morgan fingerprint density at radius 3 is 2.50 bits per heavy atom. The van der Waals surface area contributed by atoms with E-state index in [1.807, 2.05) is 25.7 Å². The molecule has 2 atom stereocenters. The van der Waals surface area contributed by atoms with Gasteiger partial charge in [0.1, 0.15) is 5.82 Å². The van der Waals surface area contributed by atoms with E-state index in [0.29, 0.717) is 11.7 Å². The Hall–Kier alpha value is -1.39. The Morgan fingerprint density at radius 1 is 1.39 bits per heavy atom. The van der Waals surface area contributed by atoms with Gasteiger partial charge in [0.25, 0.3) is 5.91 Å². The van der Waals surface area contributed by atoms with Crippen molar-refractivity contribution >= 4 is 5.91 Å². The van der Waals surface area contributed by atoms with Gasteiger partial charge in [-0.15, -0.1) is 5.10 Å². The average molecular weight is 250 g/mol. The number of hydrogen-bond acceptors (Lipinski definition) is 3. The molecule has 1 saturated heterocycles. The lowest BCUT2D eigenvalue weighted by molar-refractivity contribution is 0.0731. The van der Waals surface area contributed by atoms with Crippen LogP contribution in [0.25, 0.3) is 0 Å². The second-order valence-corrected chi connectivity index (χ2v) is 6.41. The van der Waals surface area contributed by atoms with Crippen LogP contribution < -0.4 is 0 Å². The van der Waals surface area contributed by atoms with Crippen LogP contribution in [0.2, 0.25) is 0 Å². The first-order valence-electron chi connectivity index (χ1n) is 6.53. The molecule has 5 heteroatoms. The van der Waals surface area contributed by atoms with E-state index in [1.54, 1.807) is 0 Å². The van der Waals surface area contributed by atoms with Gasteiger partial charge < -0.3 is 4.90 Å². The highest BCUT2D eigenvalue weighted by molar-refractivity contribution is 5.90. The number of carbonyl (C=O) groups excluding carboxylic acids is 1. The molecular formula is C13H22N4O. The highest BCUT2D eigenvalue weighted by Crippen LogP contribution is 2.24. The zero-order chi connectivity index (χ0) is 13.5. The normalized spacial score (nSPS) is 24.6. The number of hydrogen-bond donors (Lipinski definition) is 1. The van der Waals surface area contributed by atoms with E-state index in [9.17, 15) is 4.79 Å². The molecule has 2 heterocycles. The topological polar surface area (TPSA) is 61.9 Å². The van der Waals surface area contributed by atoms with Crippen molar-refractivity contribution in [2.75, 3.05) is 6.54 Å². The molecule has 18 heavy (non-hydrogen) atoms. The highest BCUT2D eigenvalue weighted by atomic mass is 16.2. The maximum absolute atomic E-state index is 12.3. The van der Waals surface area contributed by atoms with Crippen molar-refractivity contribution in [3.8, 4) is 0 Å². The Bertz CT molecular complexity index is 446. The predicted octanol–water partition coefficient (Wildman–Crippen LogP) is 1.97. The van der Waals surface area contributed by atoms with Gasteiger partial charge in [-0.3, -0.25) is 9.89 Å². The first kappa shape index (κ1) is 13.1. The van der Waals surface area contributed by atoms with Crippen molar-refractivity contribution in [2.45, 2.75) is 52.5 Å². The van der Waals surface area contributed by atoms with E-state index in [0.717, 1.165) is 18.8 Å². The number of aromatic nitrogens is 3. The van der Waals surface area contributed by atoms with E-state index in [2.05, 4.69) is 29.0 Å². The van der Waals surface area contributed by atoms with Crippen LogP contribution in [0.1, 0.15) is 57.5 Å². The van der Waals surface area contributed by atoms with E-state index in [1.165, 1.54) is 0 Å². The van der Waals surface area contributed by atoms with Gasteiger partial charge in [-0.05, 0) is 19.3 Å². The van der Waals surface area contributed by atoms with Crippen LogP contribution in [0.15, 0.2) is 0 Å². The molecule has 2 rings (SSSR count). The molecule has 0 bridgehead atoms. The van der Waals surface area contributed by atoms with Crippen molar-refractivity contribution in [2.24, 2.45) is 5.92 Å². The fourth-order valence-corrected chi connectivity index (χ4v) is 2.40. The summed E-state index contributed by atoms with van der Waals surface area (Å²) >= 11 is 0. The molecule has 1 fully saturated rings. The molecule has 5 nitrogen and oxygen atoms in total. The molecule has 2 unspecified atom stereocenters. The van der Waals surface area contributed by atoms with Gasteiger partial charge in [0, 0.05) is 18.0 Å². The molecule has 0 aliphatic carbocycles. The summed E-state index contributed by atoms with van der Waals surface area (Å²) < 4.78 is 0. The predicted molar refractivity (Wildman–Crippen MR) is 69.4 cm³/mol. The van der Waals surface area contributed by atoms with E-state index in [4.69, 9.17) is 0 Å². The SMILES string of the molecule is CC1CC(C)N(C(=O)c2n[nH]c(C(C)(C)C)n2)C1. The van der Waals surface area contributed by atoms with Crippen LogP contribution in [-0.2, 0) is 5.41 Å². The lowest BCUT2D eigenvalue weighted by Crippen LogP contribution is -2.34. The number of carbonyl (C=O) groups is 1. The summed E-state index contributed by atoms with van der Waals surface area (Å²) in [7, 11) is 0. The third kappa shape index (κ3) is 2.40. The molecule has 100 valence electrons. The summed E-state index contributed by atoms with van der Waals surface area (Å²) in [6.45, 7) is 11.2. The number of nitrogens with one attached hydrogen (secondary N) is 1. The van der Waals surface area contributed by atoms with E-state index in [-0.39, 0.29) is 17.4 Å². The van der Waals surface area contributed by atoms with Gasteiger partial charge in [-0.25, -0.2) is 4.98 Å². The minimum absolute atomic E-state index is 0.0569. The summed E-state index contributed by atoms with van der Waals surface area (Å²) in [5.41, 5.74) is -0.116. The fourth-order valence-electron chi connectivity index (χ4n) is 2.40. The van der Waals surface area contributed by atoms with Crippen LogP contribution in [0.4, 0.5) is 0 Å². The van der Waals surface area contributed by atoms with Crippen LogP contribution >= 0.6 is 0 Å². The Labute approximate surface area is 108 Å². The van der Waals surface area contributed by atoms with E-state index >= 15 is 0 Å². The maximum Gasteiger partial charge on any atom is 0.293 e. The highest BCUT2D eigenvalue weighted by Gasteiger charge is 2.33. The monoisotopic (exact) mass is 250 g/mol. The van der Waals surface area contributed by atoms with Crippen molar-refractivity contribution in [3.63, 3.8) is 0 Å². The molecule has 1 aromatic rings. The fraction of sp³-hybridized carbons (Fsp3) is 0.769. The minimum Gasteiger partial charge on any atom is -0.333 e. The molecule has 1 aliphatic heterocycles. The molecular weight excluding hydrogens is 228 g/mol. The van der Waals surface area contributed by atoms with Crippen LogP contribution in [0.3, 0.4) is 0 Å². The standard InChI is InChI=1S/C13H22N4O/c1-8-6-9(2)17(7-8)11(18)10-14-12(16-15-10)13(3,4)5/h8-9H,6-7H2,1-5H3,(H,14,15,16). The number of likely N-dealkylation sites (tertiary alicyclic amines) is 1. The molecule has 0 aromatic carbocycles. The van der Waals surface area contributed by atoms with Gasteiger partial charge >= 0.3 is 0 Å². The zero-order valence-electron chi connectivity index (χ0n) is 11.8. The summed E-state index contributed by atoms with van der Waals surface area (Å²) in [5, 5.41) is 6.93. The second-order valence-electron chi connectivity index (χ2n) is 6.41. The number of H-pyrrole nitrogens is 1. The second kappa shape index (κ2) is 4.37. The third-order valence-corrected chi connectivity index (χ3v) is 3.43. The smallest absolute Gasteiger partial charge is 0.293 e. The Balaban J connectivity index is 2.17. The summed E-state index contributed by atoms with van der Waals surface area (Å²) in [6.07, 6.45) is 1.06. The van der Waals surface area contributed by atoms with Crippen LogP contribution in [-0.4, -0.2) is 38.6 Å². The first-order chi connectivity index (χ1) is 8.29. The molecule has 1 aliphatic rings. The largest absolute Gasteiger partial charge is 0.333 e. The van der Waals surface area contributed by atoms with Crippen molar-refractivity contribution < 1.29 is 4.79 Å². The van der Waals surface area contributed by atoms with Crippen LogP contribution in [0.5, 0.6) is 0 Å². The first-order valence-corrected chi connectivity index (χ1v) is 6.53. The third-order valence-electron chi connectivity index (χ3n) is 3.43.